The monoisotopic (exact) mass is 298 g/mol. The Kier molecular flexibility index (Phi) is 5.93. The Labute approximate surface area is 126 Å². The van der Waals surface area contributed by atoms with Gasteiger partial charge in [-0.1, -0.05) is 20.3 Å². The third kappa shape index (κ3) is 3.44. The highest BCUT2D eigenvalue weighted by Crippen LogP contribution is 2.44. The van der Waals surface area contributed by atoms with E-state index in [1.165, 1.54) is 0 Å². The van der Waals surface area contributed by atoms with Crippen molar-refractivity contribution in [1.82, 2.24) is 0 Å². The molecule has 120 valence electrons. The maximum Gasteiger partial charge on any atom is 0.319 e. The Morgan fingerprint density at radius 2 is 1.33 bits per heavy atom. The highest BCUT2D eigenvalue weighted by atomic mass is 16.5. The van der Waals surface area contributed by atoms with E-state index in [0.717, 1.165) is 0 Å². The quantitative estimate of drug-likeness (QED) is 0.557. The maximum atomic E-state index is 12.8. The summed E-state index contributed by atoms with van der Waals surface area (Å²) < 4.78 is 10.3. The highest BCUT2D eigenvalue weighted by molar-refractivity contribution is 6.14. The van der Waals surface area contributed by atoms with Crippen molar-refractivity contribution in [3.63, 3.8) is 0 Å². The van der Waals surface area contributed by atoms with Crippen LogP contribution in [0.15, 0.2) is 0 Å². The van der Waals surface area contributed by atoms with E-state index in [1.54, 1.807) is 13.8 Å². The van der Waals surface area contributed by atoms with Gasteiger partial charge in [0, 0.05) is 0 Å². The second-order valence-electron chi connectivity index (χ2n) is 6.12. The van der Waals surface area contributed by atoms with Gasteiger partial charge < -0.3 is 9.47 Å². The van der Waals surface area contributed by atoms with Gasteiger partial charge in [0.1, 0.15) is 10.8 Å². The van der Waals surface area contributed by atoms with Crippen molar-refractivity contribution in [3.05, 3.63) is 0 Å². The number of esters is 2. The van der Waals surface area contributed by atoms with Gasteiger partial charge in [0.25, 0.3) is 0 Å². The van der Waals surface area contributed by atoms with E-state index in [9.17, 15) is 14.4 Å². The van der Waals surface area contributed by atoms with Crippen LogP contribution in [0.4, 0.5) is 0 Å². The van der Waals surface area contributed by atoms with Crippen LogP contribution in [0.5, 0.6) is 0 Å². The molecule has 21 heavy (non-hydrogen) atoms. The Balaban J connectivity index is 2.93. The Morgan fingerprint density at radius 3 is 1.67 bits per heavy atom. The number of rotatable bonds is 6. The summed E-state index contributed by atoms with van der Waals surface area (Å²) >= 11 is 0. The van der Waals surface area contributed by atoms with Crippen molar-refractivity contribution in [2.24, 2.45) is 10.8 Å². The number of hydrogen-bond acceptors (Lipinski definition) is 5. The third-order valence-electron chi connectivity index (χ3n) is 4.13. The molecule has 0 aromatic heterocycles. The molecule has 0 N–H and O–H groups in total. The zero-order chi connectivity index (χ0) is 16.1. The van der Waals surface area contributed by atoms with Crippen molar-refractivity contribution in [2.75, 3.05) is 13.2 Å². The zero-order valence-corrected chi connectivity index (χ0v) is 13.5. The highest BCUT2D eigenvalue weighted by Gasteiger charge is 2.57. The van der Waals surface area contributed by atoms with Crippen molar-refractivity contribution >= 4 is 17.7 Å². The summed E-state index contributed by atoms with van der Waals surface area (Å²) in [5, 5.41) is 0. The molecule has 0 amide bonds. The lowest BCUT2D eigenvalue weighted by Crippen LogP contribution is -2.53. The van der Waals surface area contributed by atoms with Gasteiger partial charge in [-0.05, 0) is 39.5 Å². The van der Waals surface area contributed by atoms with Crippen LogP contribution in [0, 0.1) is 10.8 Å². The van der Waals surface area contributed by atoms with E-state index in [4.69, 9.17) is 9.47 Å². The largest absolute Gasteiger partial charge is 0.465 e. The molecule has 1 fully saturated rings. The number of carbonyl (C=O) groups is 3. The summed E-state index contributed by atoms with van der Waals surface area (Å²) in [6, 6.07) is 0. The van der Waals surface area contributed by atoms with Crippen molar-refractivity contribution in [3.8, 4) is 0 Å². The number of hydrogen-bond donors (Lipinski definition) is 0. The molecule has 0 bridgehead atoms. The van der Waals surface area contributed by atoms with Crippen LogP contribution in [0.1, 0.15) is 59.8 Å². The molecule has 0 aromatic carbocycles. The molecule has 0 unspecified atom stereocenters. The van der Waals surface area contributed by atoms with E-state index < -0.39 is 22.8 Å². The predicted molar refractivity (Wildman–Crippen MR) is 77.6 cm³/mol. The lowest BCUT2D eigenvalue weighted by Gasteiger charge is -2.39. The second kappa shape index (κ2) is 7.05. The summed E-state index contributed by atoms with van der Waals surface area (Å²) in [6.45, 7) is 7.53. The van der Waals surface area contributed by atoms with Crippen molar-refractivity contribution in [1.29, 1.82) is 0 Å². The molecule has 0 aliphatic heterocycles. The van der Waals surface area contributed by atoms with Gasteiger partial charge in [-0.2, -0.15) is 0 Å². The number of ether oxygens (including phenoxy) is 2. The molecule has 0 radical (unpaired) electrons. The molecule has 0 aromatic rings. The van der Waals surface area contributed by atoms with E-state index in [-0.39, 0.29) is 5.78 Å². The molecule has 0 spiro atoms. The van der Waals surface area contributed by atoms with Gasteiger partial charge in [-0.15, -0.1) is 0 Å². The van der Waals surface area contributed by atoms with Crippen LogP contribution < -0.4 is 0 Å². The average Bonchev–Trinajstić information content (AvgIpc) is 2.47. The van der Waals surface area contributed by atoms with Gasteiger partial charge in [-0.3, -0.25) is 14.4 Å². The summed E-state index contributed by atoms with van der Waals surface area (Å²) in [5.74, 6) is -1.42. The lowest BCUT2D eigenvalue weighted by atomic mass is 9.62. The zero-order valence-electron chi connectivity index (χ0n) is 13.5. The first-order valence-electron chi connectivity index (χ1n) is 7.72. The first-order chi connectivity index (χ1) is 9.82. The third-order valence-corrected chi connectivity index (χ3v) is 4.13. The summed E-state index contributed by atoms with van der Waals surface area (Å²) in [7, 11) is 0. The normalized spacial score (nSPS) is 29.0. The van der Waals surface area contributed by atoms with Crippen LogP contribution in [-0.2, 0) is 23.9 Å². The fourth-order valence-electron chi connectivity index (χ4n) is 2.73. The number of ketones is 1. The van der Waals surface area contributed by atoms with Crippen LogP contribution in [0.25, 0.3) is 0 Å². The maximum absolute atomic E-state index is 12.8. The van der Waals surface area contributed by atoms with Gasteiger partial charge >= 0.3 is 11.9 Å². The van der Waals surface area contributed by atoms with Gasteiger partial charge in [-0.25, -0.2) is 0 Å². The fraction of sp³-hybridized carbons (Fsp3) is 0.812. The molecule has 5 nitrogen and oxygen atoms in total. The molecule has 0 heterocycles. The summed E-state index contributed by atoms with van der Waals surface area (Å²) in [4.78, 5) is 37.2. The lowest BCUT2D eigenvalue weighted by molar-refractivity contribution is -0.173. The molecule has 5 heteroatoms. The number of carbonyl (C=O) groups excluding carboxylic acids is 3. The molecular weight excluding hydrogens is 272 g/mol. The molecule has 1 aliphatic rings. The molecule has 1 rings (SSSR count). The molecule has 1 aliphatic carbocycles. The molecule has 0 saturated heterocycles. The van der Waals surface area contributed by atoms with Gasteiger partial charge in [0.2, 0.25) is 0 Å². The molecule has 1 saturated carbocycles. The molecular formula is C16H26O5. The molecule has 2 atom stereocenters. The Morgan fingerprint density at radius 1 is 0.952 bits per heavy atom. The van der Waals surface area contributed by atoms with Gasteiger partial charge in [0.15, 0.2) is 5.78 Å². The average molecular weight is 298 g/mol. The minimum Gasteiger partial charge on any atom is -0.465 e. The minimum atomic E-state index is -1.24. The Hall–Kier alpha value is -1.39. The van der Waals surface area contributed by atoms with Gasteiger partial charge in [0.05, 0.1) is 13.2 Å². The van der Waals surface area contributed by atoms with Crippen LogP contribution in [0.3, 0.4) is 0 Å². The van der Waals surface area contributed by atoms with Crippen LogP contribution in [-0.4, -0.2) is 30.9 Å². The smallest absolute Gasteiger partial charge is 0.319 e. The van der Waals surface area contributed by atoms with Crippen molar-refractivity contribution < 1.29 is 23.9 Å². The number of Topliss-reactive ketones (excluding diaryl/α,β-unsaturated/α-hetero) is 1. The standard InChI is InChI=1S/C16H26O5/c1-5-10-20-13(18)15(3)8-7-9-16(4,12(15)17)14(19)21-11-6-2/h5-11H2,1-4H3/t15-,16+. The summed E-state index contributed by atoms with van der Waals surface area (Å²) in [5.41, 5.74) is -2.49. The first-order valence-corrected chi connectivity index (χ1v) is 7.72. The van der Waals surface area contributed by atoms with Crippen LogP contribution >= 0.6 is 0 Å². The first kappa shape index (κ1) is 17.7. The van der Waals surface area contributed by atoms with Crippen LogP contribution in [0.2, 0.25) is 0 Å². The summed E-state index contributed by atoms with van der Waals surface area (Å²) in [6.07, 6.45) is 2.87. The fourth-order valence-corrected chi connectivity index (χ4v) is 2.73. The van der Waals surface area contributed by atoms with Crippen molar-refractivity contribution in [2.45, 2.75) is 59.8 Å². The SMILES string of the molecule is CCCOC(=O)[C@]1(C)CCC[C@](C)(C(=O)OCCC)C1=O. The minimum absolute atomic E-state index is 0.290. The Bertz CT molecular complexity index is 381. The van der Waals surface area contributed by atoms with E-state index in [2.05, 4.69) is 0 Å². The van der Waals surface area contributed by atoms with E-state index >= 15 is 0 Å². The topological polar surface area (TPSA) is 69.7 Å². The van der Waals surface area contributed by atoms with E-state index in [1.807, 2.05) is 13.8 Å². The predicted octanol–water partition coefficient (Wildman–Crippen LogP) is 2.66. The van der Waals surface area contributed by atoms with E-state index in [0.29, 0.717) is 45.3 Å². The second-order valence-corrected chi connectivity index (χ2v) is 6.12.